The first-order chi connectivity index (χ1) is 14.3. The summed E-state index contributed by atoms with van der Waals surface area (Å²) in [6.45, 7) is 8.06. The average molecular weight is 409 g/mol. The number of carbonyl (C=O) groups is 1. The predicted octanol–water partition coefficient (Wildman–Crippen LogP) is 4.64. The van der Waals surface area contributed by atoms with Crippen LogP contribution in [0.25, 0.3) is 0 Å². The number of nitrogens with one attached hydrogen (secondary N) is 1. The van der Waals surface area contributed by atoms with E-state index < -0.39 is 0 Å². The lowest BCUT2D eigenvalue weighted by atomic mass is 9.88. The summed E-state index contributed by atoms with van der Waals surface area (Å²) in [5, 5.41) is 3.32. The van der Waals surface area contributed by atoms with E-state index in [0.29, 0.717) is 0 Å². The molecule has 2 aromatic rings. The fraction of sp³-hybridized carbons (Fsp3) is 0.480. The van der Waals surface area contributed by atoms with Crippen LogP contribution in [-0.4, -0.2) is 31.7 Å². The van der Waals surface area contributed by atoms with E-state index in [1.54, 1.807) is 7.11 Å². The third-order valence-electron chi connectivity index (χ3n) is 6.26. The Kier molecular flexibility index (Phi) is 5.63. The Morgan fingerprint density at radius 3 is 2.50 bits per heavy atom. The highest BCUT2D eigenvalue weighted by molar-refractivity contribution is 5.79. The van der Waals surface area contributed by atoms with Gasteiger partial charge in [0.05, 0.1) is 13.2 Å². The minimum Gasteiger partial charge on any atom is -0.497 e. The molecular formula is C25H32N2O3. The van der Waals surface area contributed by atoms with Crippen LogP contribution in [0.3, 0.4) is 0 Å². The summed E-state index contributed by atoms with van der Waals surface area (Å²) in [6, 6.07) is 14.4. The number of hydrogen-bond acceptors (Lipinski definition) is 4. The highest BCUT2D eigenvalue weighted by Crippen LogP contribution is 2.41. The maximum Gasteiger partial charge on any atom is 0.223 e. The van der Waals surface area contributed by atoms with Crippen LogP contribution in [0, 0.1) is 12.8 Å². The minimum absolute atomic E-state index is 0.0479. The van der Waals surface area contributed by atoms with Crippen molar-refractivity contribution in [3.63, 3.8) is 0 Å². The zero-order valence-electron chi connectivity index (χ0n) is 18.4. The molecular weight excluding hydrogens is 376 g/mol. The summed E-state index contributed by atoms with van der Waals surface area (Å²) in [5.74, 6) is 1.80. The van der Waals surface area contributed by atoms with Crippen LogP contribution in [0.5, 0.6) is 11.5 Å². The summed E-state index contributed by atoms with van der Waals surface area (Å²) >= 11 is 0. The number of rotatable bonds is 4. The number of hydrogen-bond donors (Lipinski definition) is 1. The van der Waals surface area contributed by atoms with Crippen molar-refractivity contribution in [3.8, 4) is 11.5 Å². The number of ether oxygens (including phenoxy) is 2. The van der Waals surface area contributed by atoms with E-state index in [9.17, 15) is 4.79 Å². The molecule has 4 rings (SSSR count). The van der Waals surface area contributed by atoms with E-state index in [0.717, 1.165) is 49.4 Å². The Balaban J connectivity index is 1.42. The van der Waals surface area contributed by atoms with Crippen LogP contribution in [-0.2, 0) is 4.79 Å². The van der Waals surface area contributed by atoms with Gasteiger partial charge in [0, 0.05) is 36.7 Å². The van der Waals surface area contributed by atoms with Gasteiger partial charge < -0.3 is 19.7 Å². The lowest BCUT2D eigenvalue weighted by Gasteiger charge is -2.39. The van der Waals surface area contributed by atoms with Gasteiger partial charge in [-0.15, -0.1) is 0 Å². The molecule has 1 amide bonds. The van der Waals surface area contributed by atoms with E-state index in [4.69, 9.17) is 9.47 Å². The van der Waals surface area contributed by atoms with Crippen molar-refractivity contribution >= 4 is 11.6 Å². The molecule has 1 N–H and O–H groups in total. The summed E-state index contributed by atoms with van der Waals surface area (Å²) in [6.07, 6.45) is 2.48. The average Bonchev–Trinajstić information content (AvgIpc) is 2.73. The van der Waals surface area contributed by atoms with E-state index in [1.165, 1.54) is 11.3 Å². The van der Waals surface area contributed by atoms with Crippen LogP contribution < -0.4 is 19.7 Å². The smallest absolute Gasteiger partial charge is 0.223 e. The first kappa shape index (κ1) is 20.6. The molecule has 5 nitrogen and oxygen atoms in total. The minimum atomic E-state index is -0.325. The molecule has 1 saturated heterocycles. The molecule has 0 radical (unpaired) electrons. The number of nitrogens with zero attached hydrogens (tertiary/aromatic N) is 1. The van der Waals surface area contributed by atoms with Crippen molar-refractivity contribution in [1.82, 2.24) is 5.32 Å². The van der Waals surface area contributed by atoms with Gasteiger partial charge in [-0.3, -0.25) is 4.79 Å². The van der Waals surface area contributed by atoms with E-state index in [2.05, 4.69) is 55.3 Å². The molecule has 2 aromatic carbocycles. The maximum atomic E-state index is 13.1. The molecule has 2 aliphatic rings. The van der Waals surface area contributed by atoms with Crippen molar-refractivity contribution in [2.75, 3.05) is 25.1 Å². The number of piperidine rings is 1. The van der Waals surface area contributed by atoms with Gasteiger partial charge in [-0.1, -0.05) is 17.7 Å². The van der Waals surface area contributed by atoms with Gasteiger partial charge in [-0.05, 0) is 63.9 Å². The van der Waals surface area contributed by atoms with Gasteiger partial charge in [0.1, 0.15) is 17.1 Å². The number of aryl methyl sites for hydroxylation is 1. The highest BCUT2D eigenvalue weighted by Gasteiger charge is 2.36. The predicted molar refractivity (Wildman–Crippen MR) is 119 cm³/mol. The number of methoxy groups -OCH3 is 1. The quantitative estimate of drug-likeness (QED) is 0.801. The highest BCUT2D eigenvalue weighted by atomic mass is 16.5. The van der Waals surface area contributed by atoms with Crippen LogP contribution in [0.15, 0.2) is 42.5 Å². The van der Waals surface area contributed by atoms with Crippen molar-refractivity contribution < 1.29 is 14.3 Å². The lowest BCUT2D eigenvalue weighted by Crippen LogP contribution is -2.45. The van der Waals surface area contributed by atoms with Gasteiger partial charge in [-0.25, -0.2) is 0 Å². The van der Waals surface area contributed by atoms with Gasteiger partial charge >= 0.3 is 0 Å². The molecule has 0 saturated carbocycles. The SMILES string of the molecule is COc1ccc2c(c1)C(NC(=O)C1CCN(c3ccc(C)cc3)CC1)CC(C)(C)O2. The normalized spacial score (nSPS) is 20.8. The van der Waals surface area contributed by atoms with Gasteiger partial charge in [-0.2, -0.15) is 0 Å². The molecule has 0 bridgehead atoms. The third-order valence-corrected chi connectivity index (χ3v) is 6.26. The molecule has 0 aliphatic carbocycles. The molecule has 0 aromatic heterocycles. The molecule has 0 spiro atoms. The molecule has 30 heavy (non-hydrogen) atoms. The largest absolute Gasteiger partial charge is 0.497 e. The first-order valence-electron chi connectivity index (χ1n) is 10.8. The van der Waals surface area contributed by atoms with Crippen molar-refractivity contribution in [2.45, 2.75) is 51.7 Å². The first-order valence-corrected chi connectivity index (χ1v) is 10.8. The molecule has 2 aliphatic heterocycles. The molecule has 1 fully saturated rings. The summed E-state index contributed by atoms with van der Waals surface area (Å²) in [5.41, 5.74) is 3.18. The molecule has 160 valence electrons. The second kappa shape index (κ2) is 8.21. The van der Waals surface area contributed by atoms with E-state index in [1.807, 2.05) is 18.2 Å². The number of carbonyl (C=O) groups excluding carboxylic acids is 1. The summed E-state index contributed by atoms with van der Waals surface area (Å²) < 4.78 is 11.5. The Labute approximate surface area is 179 Å². The summed E-state index contributed by atoms with van der Waals surface area (Å²) in [7, 11) is 1.66. The second-order valence-electron chi connectivity index (χ2n) is 9.13. The number of benzene rings is 2. The van der Waals surface area contributed by atoms with Crippen LogP contribution in [0.2, 0.25) is 0 Å². The van der Waals surface area contributed by atoms with E-state index in [-0.39, 0.29) is 23.5 Å². The zero-order valence-corrected chi connectivity index (χ0v) is 18.4. The Morgan fingerprint density at radius 2 is 1.83 bits per heavy atom. The Hall–Kier alpha value is -2.69. The van der Waals surface area contributed by atoms with Gasteiger partial charge in [0.2, 0.25) is 5.91 Å². The number of amides is 1. The van der Waals surface area contributed by atoms with E-state index >= 15 is 0 Å². The van der Waals surface area contributed by atoms with Gasteiger partial charge in [0.15, 0.2) is 0 Å². The van der Waals surface area contributed by atoms with Crippen LogP contribution in [0.4, 0.5) is 5.69 Å². The maximum absolute atomic E-state index is 13.1. The lowest BCUT2D eigenvalue weighted by molar-refractivity contribution is -0.126. The van der Waals surface area contributed by atoms with Crippen molar-refractivity contribution in [2.24, 2.45) is 5.92 Å². The Bertz CT molecular complexity index is 899. The van der Waals surface area contributed by atoms with Crippen molar-refractivity contribution in [3.05, 3.63) is 53.6 Å². The fourth-order valence-electron chi connectivity index (χ4n) is 4.53. The molecule has 2 heterocycles. The second-order valence-corrected chi connectivity index (χ2v) is 9.13. The topological polar surface area (TPSA) is 50.8 Å². The Morgan fingerprint density at radius 1 is 1.13 bits per heavy atom. The monoisotopic (exact) mass is 408 g/mol. The molecule has 5 heteroatoms. The van der Waals surface area contributed by atoms with Gasteiger partial charge in [0.25, 0.3) is 0 Å². The van der Waals surface area contributed by atoms with Crippen LogP contribution in [0.1, 0.15) is 50.3 Å². The number of anilines is 1. The third kappa shape index (κ3) is 4.40. The molecule has 1 unspecified atom stereocenters. The zero-order chi connectivity index (χ0) is 21.3. The van der Waals surface area contributed by atoms with Crippen LogP contribution >= 0.6 is 0 Å². The summed E-state index contributed by atoms with van der Waals surface area (Å²) in [4.78, 5) is 15.5. The standard InChI is InChI=1S/C25H32N2O3/c1-17-5-7-19(8-6-17)27-13-11-18(12-14-27)24(28)26-22-16-25(2,3)30-23-10-9-20(29-4)15-21(22)23/h5-10,15,18,22H,11-14,16H2,1-4H3,(H,26,28). The fourth-order valence-corrected chi connectivity index (χ4v) is 4.53. The number of fused-ring (bicyclic) bond motifs is 1. The van der Waals surface area contributed by atoms with Crippen molar-refractivity contribution in [1.29, 1.82) is 0 Å². The molecule has 1 atom stereocenters.